The van der Waals surface area contributed by atoms with E-state index in [1.54, 1.807) is 50.5 Å². The van der Waals surface area contributed by atoms with Crippen molar-refractivity contribution in [3.63, 3.8) is 0 Å². The number of nitro benzene ring substituents is 1. The van der Waals surface area contributed by atoms with Gasteiger partial charge in [0.05, 0.1) is 11.5 Å². The van der Waals surface area contributed by atoms with Crippen LogP contribution in [0.3, 0.4) is 0 Å². The zero-order valence-electron chi connectivity index (χ0n) is 17.1. The van der Waals surface area contributed by atoms with E-state index in [1.807, 2.05) is 0 Å². The molecular formula is C21H25N5O4. The zero-order chi connectivity index (χ0) is 21.7. The second-order valence-electron chi connectivity index (χ2n) is 7.36. The number of rotatable bonds is 6. The van der Waals surface area contributed by atoms with Crippen LogP contribution >= 0.6 is 0 Å². The highest BCUT2D eigenvalue weighted by molar-refractivity contribution is 5.96. The van der Waals surface area contributed by atoms with E-state index in [0.717, 1.165) is 31.9 Å². The molecular weight excluding hydrogens is 386 g/mol. The van der Waals surface area contributed by atoms with Crippen LogP contribution in [0, 0.1) is 10.1 Å². The molecule has 0 spiro atoms. The van der Waals surface area contributed by atoms with E-state index in [2.05, 4.69) is 15.1 Å². The lowest BCUT2D eigenvalue weighted by Crippen LogP contribution is -2.48. The quantitative estimate of drug-likeness (QED) is 0.577. The maximum absolute atomic E-state index is 12.4. The molecule has 1 N–H and O–H groups in total. The van der Waals surface area contributed by atoms with Gasteiger partial charge in [0.1, 0.15) is 0 Å². The Bertz CT molecular complexity index is 904. The number of amides is 2. The van der Waals surface area contributed by atoms with Gasteiger partial charge in [-0.25, -0.2) is 0 Å². The van der Waals surface area contributed by atoms with Gasteiger partial charge < -0.3 is 15.1 Å². The fourth-order valence-corrected chi connectivity index (χ4v) is 3.31. The average molecular weight is 411 g/mol. The number of non-ortho nitro benzene ring substituents is 1. The molecule has 0 bridgehead atoms. The average Bonchev–Trinajstić information content (AvgIpc) is 2.74. The van der Waals surface area contributed by atoms with E-state index in [4.69, 9.17) is 0 Å². The van der Waals surface area contributed by atoms with Crippen molar-refractivity contribution in [2.45, 2.75) is 0 Å². The minimum Gasteiger partial charge on any atom is -0.369 e. The highest BCUT2D eigenvalue weighted by Crippen LogP contribution is 2.20. The second-order valence-corrected chi connectivity index (χ2v) is 7.36. The molecule has 0 atom stereocenters. The Labute approximate surface area is 175 Å². The van der Waals surface area contributed by atoms with Crippen molar-refractivity contribution in [3.8, 4) is 0 Å². The summed E-state index contributed by atoms with van der Waals surface area (Å²) in [6.45, 7) is 3.21. The third kappa shape index (κ3) is 5.32. The number of nitrogens with zero attached hydrogens (tertiary/aromatic N) is 4. The van der Waals surface area contributed by atoms with Crippen molar-refractivity contribution >= 4 is 28.9 Å². The molecule has 1 saturated heterocycles. The molecule has 3 rings (SSSR count). The molecule has 0 unspecified atom stereocenters. The van der Waals surface area contributed by atoms with Crippen LogP contribution in [0.5, 0.6) is 0 Å². The third-order valence-corrected chi connectivity index (χ3v) is 4.99. The molecule has 2 amide bonds. The van der Waals surface area contributed by atoms with Crippen molar-refractivity contribution in [2.75, 3.05) is 57.0 Å². The molecule has 0 aromatic heterocycles. The SMILES string of the molecule is CN(C)C(=O)c1ccc(NC(=O)CN2CCN(c3ccc([N+](=O)[O-])cc3)CC2)cc1. The van der Waals surface area contributed by atoms with Gasteiger partial charge >= 0.3 is 0 Å². The van der Waals surface area contributed by atoms with Gasteiger partial charge in [-0.15, -0.1) is 0 Å². The van der Waals surface area contributed by atoms with Crippen molar-refractivity contribution in [3.05, 3.63) is 64.2 Å². The van der Waals surface area contributed by atoms with E-state index < -0.39 is 4.92 Å². The van der Waals surface area contributed by atoms with E-state index in [9.17, 15) is 19.7 Å². The topological polar surface area (TPSA) is 99.0 Å². The Morgan fingerprint density at radius 1 is 1.00 bits per heavy atom. The maximum atomic E-state index is 12.4. The third-order valence-electron chi connectivity index (χ3n) is 4.99. The maximum Gasteiger partial charge on any atom is 0.269 e. The molecule has 1 aliphatic heterocycles. The van der Waals surface area contributed by atoms with Crippen LogP contribution in [0.25, 0.3) is 0 Å². The van der Waals surface area contributed by atoms with E-state index in [1.165, 1.54) is 17.0 Å². The lowest BCUT2D eigenvalue weighted by molar-refractivity contribution is -0.384. The predicted molar refractivity (Wildman–Crippen MR) is 115 cm³/mol. The molecule has 9 heteroatoms. The summed E-state index contributed by atoms with van der Waals surface area (Å²) in [5.74, 6) is -0.191. The highest BCUT2D eigenvalue weighted by atomic mass is 16.6. The normalized spacial score (nSPS) is 14.3. The molecule has 2 aromatic rings. The number of piperazine rings is 1. The van der Waals surface area contributed by atoms with Crippen LogP contribution in [0.1, 0.15) is 10.4 Å². The van der Waals surface area contributed by atoms with Crippen molar-refractivity contribution in [2.24, 2.45) is 0 Å². The predicted octanol–water partition coefficient (Wildman–Crippen LogP) is 2.06. The number of anilines is 2. The first-order valence-corrected chi connectivity index (χ1v) is 9.67. The summed E-state index contributed by atoms with van der Waals surface area (Å²) in [4.78, 5) is 40.4. The summed E-state index contributed by atoms with van der Waals surface area (Å²) in [7, 11) is 3.39. The Morgan fingerprint density at radius 2 is 1.60 bits per heavy atom. The second kappa shape index (κ2) is 9.36. The lowest BCUT2D eigenvalue weighted by Gasteiger charge is -2.35. The largest absolute Gasteiger partial charge is 0.369 e. The Balaban J connectivity index is 1.47. The first kappa shape index (κ1) is 21.3. The number of carbonyl (C=O) groups is 2. The monoisotopic (exact) mass is 411 g/mol. The van der Waals surface area contributed by atoms with Crippen molar-refractivity contribution in [1.82, 2.24) is 9.80 Å². The van der Waals surface area contributed by atoms with Gasteiger partial charge in [-0.05, 0) is 36.4 Å². The number of hydrogen-bond acceptors (Lipinski definition) is 6. The minimum atomic E-state index is -0.409. The summed E-state index contributed by atoms with van der Waals surface area (Å²) in [6, 6.07) is 13.4. The first-order chi connectivity index (χ1) is 14.3. The molecule has 2 aromatic carbocycles. The Kier molecular flexibility index (Phi) is 6.63. The summed E-state index contributed by atoms with van der Waals surface area (Å²) in [5, 5.41) is 13.6. The summed E-state index contributed by atoms with van der Waals surface area (Å²) in [6.07, 6.45) is 0. The van der Waals surface area contributed by atoms with Crippen molar-refractivity contribution in [1.29, 1.82) is 0 Å². The Hall–Kier alpha value is -3.46. The van der Waals surface area contributed by atoms with Crippen LogP contribution in [0.4, 0.5) is 17.1 Å². The van der Waals surface area contributed by atoms with Gasteiger partial charge in [0.15, 0.2) is 0 Å². The number of benzene rings is 2. The molecule has 1 heterocycles. The van der Waals surface area contributed by atoms with Gasteiger partial charge in [0.25, 0.3) is 11.6 Å². The fraction of sp³-hybridized carbons (Fsp3) is 0.333. The van der Waals surface area contributed by atoms with Crippen LogP contribution in [-0.2, 0) is 4.79 Å². The van der Waals surface area contributed by atoms with E-state index >= 15 is 0 Å². The van der Waals surface area contributed by atoms with Gasteiger partial charge in [0.2, 0.25) is 5.91 Å². The number of hydrogen-bond donors (Lipinski definition) is 1. The summed E-state index contributed by atoms with van der Waals surface area (Å²) < 4.78 is 0. The molecule has 9 nitrogen and oxygen atoms in total. The molecule has 1 aliphatic rings. The molecule has 0 radical (unpaired) electrons. The van der Waals surface area contributed by atoms with Crippen LogP contribution in [-0.4, -0.2) is 73.4 Å². The smallest absolute Gasteiger partial charge is 0.269 e. The summed E-state index contributed by atoms with van der Waals surface area (Å²) >= 11 is 0. The molecule has 1 fully saturated rings. The standard InChI is InChI=1S/C21H25N5O4/c1-23(2)21(28)16-3-5-17(6-4-16)22-20(27)15-24-11-13-25(14-12-24)18-7-9-19(10-8-18)26(29)30/h3-10H,11-15H2,1-2H3,(H,22,27). The Morgan fingerprint density at radius 3 is 2.13 bits per heavy atom. The van der Waals surface area contributed by atoms with Crippen LogP contribution < -0.4 is 10.2 Å². The summed E-state index contributed by atoms with van der Waals surface area (Å²) in [5.41, 5.74) is 2.24. The fourth-order valence-electron chi connectivity index (χ4n) is 3.31. The van der Waals surface area contributed by atoms with Gasteiger partial charge in [0, 0.05) is 69.3 Å². The molecule has 158 valence electrons. The van der Waals surface area contributed by atoms with Gasteiger partial charge in [-0.1, -0.05) is 0 Å². The number of nitrogens with one attached hydrogen (secondary N) is 1. The number of nitro groups is 1. The van der Waals surface area contributed by atoms with Crippen molar-refractivity contribution < 1.29 is 14.5 Å². The minimum absolute atomic E-state index is 0.0770. The lowest BCUT2D eigenvalue weighted by atomic mass is 10.2. The first-order valence-electron chi connectivity index (χ1n) is 9.67. The van der Waals surface area contributed by atoms with Crippen LogP contribution in [0.2, 0.25) is 0 Å². The van der Waals surface area contributed by atoms with Gasteiger partial charge in [-0.3, -0.25) is 24.6 Å². The van der Waals surface area contributed by atoms with E-state index in [0.29, 0.717) is 11.3 Å². The molecule has 0 saturated carbocycles. The molecule has 0 aliphatic carbocycles. The van der Waals surface area contributed by atoms with Crippen LogP contribution in [0.15, 0.2) is 48.5 Å². The highest BCUT2D eigenvalue weighted by Gasteiger charge is 2.20. The molecule has 30 heavy (non-hydrogen) atoms. The van der Waals surface area contributed by atoms with Gasteiger partial charge in [-0.2, -0.15) is 0 Å². The number of carbonyl (C=O) groups excluding carboxylic acids is 2. The zero-order valence-corrected chi connectivity index (χ0v) is 17.1. The van der Waals surface area contributed by atoms with E-state index in [-0.39, 0.29) is 24.0 Å².